The minimum atomic E-state index is -0.337. The number of benzene rings is 1. The van der Waals surface area contributed by atoms with Crippen molar-refractivity contribution in [2.75, 3.05) is 13.2 Å². The number of carbonyl (C=O) groups is 1. The summed E-state index contributed by atoms with van der Waals surface area (Å²) in [5.74, 6) is 2.33. The molecular formula is C24H36O3. The van der Waals surface area contributed by atoms with E-state index in [1.54, 1.807) is 0 Å². The number of unbranched alkanes of at least 4 members (excludes halogenated alkanes) is 3. The minimum Gasteiger partial charge on any atom is -0.494 e. The molecule has 0 aromatic heterocycles. The van der Waals surface area contributed by atoms with E-state index in [0.717, 1.165) is 49.9 Å². The highest BCUT2D eigenvalue weighted by Gasteiger charge is 2.21. The Hall–Kier alpha value is -1.77. The smallest absolute Gasteiger partial charge is 0.330 e. The summed E-state index contributed by atoms with van der Waals surface area (Å²) in [7, 11) is 0. The maximum Gasteiger partial charge on any atom is 0.330 e. The normalized spacial score (nSPS) is 19.4. The van der Waals surface area contributed by atoms with Crippen LogP contribution < -0.4 is 4.74 Å². The lowest BCUT2D eigenvalue weighted by molar-refractivity contribution is -0.137. The Balaban J connectivity index is 1.57. The predicted octanol–water partition coefficient (Wildman–Crippen LogP) is 6.43. The van der Waals surface area contributed by atoms with E-state index in [9.17, 15) is 4.79 Å². The molecule has 3 heteroatoms. The van der Waals surface area contributed by atoms with Gasteiger partial charge >= 0.3 is 5.97 Å². The molecule has 0 radical (unpaired) electrons. The third-order valence-corrected chi connectivity index (χ3v) is 5.61. The Morgan fingerprint density at radius 2 is 1.70 bits per heavy atom. The summed E-state index contributed by atoms with van der Waals surface area (Å²) < 4.78 is 10.8. The van der Waals surface area contributed by atoms with Crippen LogP contribution in [0.1, 0.15) is 82.6 Å². The van der Waals surface area contributed by atoms with Crippen molar-refractivity contribution < 1.29 is 14.3 Å². The number of hydrogen-bond acceptors (Lipinski definition) is 3. The molecule has 0 heterocycles. The number of hydrogen-bond donors (Lipinski definition) is 0. The highest BCUT2D eigenvalue weighted by molar-refractivity contribution is 5.81. The Morgan fingerprint density at radius 3 is 2.33 bits per heavy atom. The SMILES string of the molecule is C=CC(=O)OCCCCCCOc1ccc(C2CCC(CCC)CC2)cc1. The fraction of sp³-hybridized carbons (Fsp3) is 0.625. The third kappa shape index (κ3) is 8.19. The van der Waals surface area contributed by atoms with E-state index in [0.29, 0.717) is 6.61 Å². The number of carbonyl (C=O) groups excluding carboxylic acids is 1. The molecule has 2 rings (SSSR count). The summed E-state index contributed by atoms with van der Waals surface area (Å²) in [5, 5.41) is 0. The molecule has 1 aliphatic rings. The molecule has 1 fully saturated rings. The van der Waals surface area contributed by atoms with Gasteiger partial charge in [-0.25, -0.2) is 4.79 Å². The molecule has 0 atom stereocenters. The van der Waals surface area contributed by atoms with E-state index in [4.69, 9.17) is 9.47 Å². The van der Waals surface area contributed by atoms with Crippen LogP contribution in [0.3, 0.4) is 0 Å². The van der Waals surface area contributed by atoms with Crippen LogP contribution in [0.4, 0.5) is 0 Å². The second-order valence-electron chi connectivity index (χ2n) is 7.71. The van der Waals surface area contributed by atoms with Gasteiger partial charge in [-0.2, -0.15) is 0 Å². The van der Waals surface area contributed by atoms with Crippen molar-refractivity contribution in [2.45, 2.75) is 77.0 Å². The van der Waals surface area contributed by atoms with Gasteiger partial charge in [0.25, 0.3) is 0 Å². The standard InChI is InChI=1S/C24H36O3/c1-3-9-20-10-12-21(13-11-20)22-14-16-23(17-15-22)26-18-7-5-6-8-19-27-24(25)4-2/h4,14-17,20-21H,2-3,5-13,18-19H2,1H3. The zero-order valence-corrected chi connectivity index (χ0v) is 17.0. The average molecular weight is 373 g/mol. The van der Waals surface area contributed by atoms with Gasteiger partial charge in [-0.1, -0.05) is 38.5 Å². The summed E-state index contributed by atoms with van der Waals surface area (Å²) in [4.78, 5) is 10.9. The van der Waals surface area contributed by atoms with Gasteiger partial charge in [0, 0.05) is 6.08 Å². The van der Waals surface area contributed by atoms with Crippen LogP contribution in [0.15, 0.2) is 36.9 Å². The molecule has 0 N–H and O–H groups in total. The first-order valence-corrected chi connectivity index (χ1v) is 10.7. The van der Waals surface area contributed by atoms with E-state index >= 15 is 0 Å². The van der Waals surface area contributed by atoms with Crippen molar-refractivity contribution in [2.24, 2.45) is 5.92 Å². The molecule has 1 aromatic rings. The second-order valence-corrected chi connectivity index (χ2v) is 7.71. The molecule has 1 aromatic carbocycles. The van der Waals surface area contributed by atoms with Crippen LogP contribution in [0, 0.1) is 5.92 Å². The number of ether oxygens (including phenoxy) is 2. The molecule has 0 unspecified atom stereocenters. The van der Waals surface area contributed by atoms with Crippen LogP contribution >= 0.6 is 0 Å². The monoisotopic (exact) mass is 372 g/mol. The lowest BCUT2D eigenvalue weighted by atomic mass is 9.77. The average Bonchev–Trinajstić information content (AvgIpc) is 2.71. The first-order valence-electron chi connectivity index (χ1n) is 10.7. The van der Waals surface area contributed by atoms with E-state index in [2.05, 4.69) is 37.8 Å². The molecule has 0 amide bonds. The molecule has 27 heavy (non-hydrogen) atoms. The second kappa shape index (κ2) is 12.6. The topological polar surface area (TPSA) is 35.5 Å². The molecule has 0 bridgehead atoms. The maximum absolute atomic E-state index is 10.9. The highest BCUT2D eigenvalue weighted by Crippen LogP contribution is 2.37. The Bertz CT molecular complexity index is 541. The molecule has 3 nitrogen and oxygen atoms in total. The Labute approximate surface area is 165 Å². The van der Waals surface area contributed by atoms with E-state index in [1.165, 1.54) is 50.2 Å². The largest absolute Gasteiger partial charge is 0.494 e. The van der Waals surface area contributed by atoms with Gasteiger partial charge < -0.3 is 9.47 Å². The molecule has 0 aliphatic heterocycles. The van der Waals surface area contributed by atoms with Gasteiger partial charge in [-0.05, 0) is 80.9 Å². The molecule has 0 spiro atoms. The third-order valence-electron chi connectivity index (χ3n) is 5.61. The van der Waals surface area contributed by atoms with Gasteiger partial charge in [0.15, 0.2) is 0 Å². The summed E-state index contributed by atoms with van der Waals surface area (Å²) in [6, 6.07) is 8.77. The van der Waals surface area contributed by atoms with Gasteiger partial charge in [-0.3, -0.25) is 0 Å². The van der Waals surface area contributed by atoms with E-state index in [1.807, 2.05) is 0 Å². The Morgan fingerprint density at radius 1 is 1.04 bits per heavy atom. The number of rotatable bonds is 12. The summed E-state index contributed by atoms with van der Waals surface area (Å²) in [6.07, 6.45) is 13.5. The van der Waals surface area contributed by atoms with Crippen molar-refractivity contribution in [3.05, 3.63) is 42.5 Å². The lowest BCUT2D eigenvalue weighted by Crippen LogP contribution is -2.13. The quantitative estimate of drug-likeness (QED) is 0.241. The molecule has 1 saturated carbocycles. The summed E-state index contributed by atoms with van der Waals surface area (Å²) in [5.41, 5.74) is 1.48. The fourth-order valence-corrected chi connectivity index (χ4v) is 4.01. The molecule has 1 aliphatic carbocycles. The van der Waals surface area contributed by atoms with E-state index in [-0.39, 0.29) is 5.97 Å². The van der Waals surface area contributed by atoms with E-state index < -0.39 is 0 Å². The Kier molecular flexibility index (Phi) is 10.0. The first kappa shape index (κ1) is 21.5. The van der Waals surface area contributed by atoms with Crippen molar-refractivity contribution in [3.8, 4) is 5.75 Å². The summed E-state index contributed by atoms with van der Waals surface area (Å²) >= 11 is 0. The lowest BCUT2D eigenvalue weighted by Gasteiger charge is -2.28. The van der Waals surface area contributed by atoms with Crippen LogP contribution in [0.25, 0.3) is 0 Å². The zero-order chi connectivity index (χ0) is 19.3. The molecule has 150 valence electrons. The van der Waals surface area contributed by atoms with Crippen molar-refractivity contribution >= 4 is 5.97 Å². The summed E-state index contributed by atoms with van der Waals surface area (Å²) in [6.45, 7) is 6.90. The predicted molar refractivity (Wildman–Crippen MR) is 111 cm³/mol. The highest BCUT2D eigenvalue weighted by atomic mass is 16.5. The van der Waals surface area contributed by atoms with Crippen LogP contribution in [-0.4, -0.2) is 19.2 Å². The van der Waals surface area contributed by atoms with Gasteiger partial charge in [0.1, 0.15) is 5.75 Å². The van der Waals surface area contributed by atoms with Gasteiger partial charge in [0.2, 0.25) is 0 Å². The first-order chi connectivity index (χ1) is 13.2. The van der Waals surface area contributed by atoms with Crippen molar-refractivity contribution in [1.29, 1.82) is 0 Å². The van der Waals surface area contributed by atoms with Gasteiger partial charge in [0.05, 0.1) is 13.2 Å². The zero-order valence-electron chi connectivity index (χ0n) is 17.0. The van der Waals surface area contributed by atoms with Crippen molar-refractivity contribution in [1.82, 2.24) is 0 Å². The van der Waals surface area contributed by atoms with Crippen LogP contribution in [-0.2, 0) is 9.53 Å². The number of esters is 1. The molecule has 0 saturated heterocycles. The van der Waals surface area contributed by atoms with Crippen LogP contribution in [0.2, 0.25) is 0 Å². The van der Waals surface area contributed by atoms with Crippen molar-refractivity contribution in [3.63, 3.8) is 0 Å². The minimum absolute atomic E-state index is 0.337. The fourth-order valence-electron chi connectivity index (χ4n) is 4.01. The van der Waals surface area contributed by atoms with Crippen LogP contribution in [0.5, 0.6) is 5.75 Å². The molecular weight excluding hydrogens is 336 g/mol. The van der Waals surface area contributed by atoms with Gasteiger partial charge in [-0.15, -0.1) is 0 Å². The maximum atomic E-state index is 10.9.